The van der Waals surface area contributed by atoms with Gasteiger partial charge in [-0.3, -0.25) is 0 Å². The second-order valence-corrected chi connectivity index (χ2v) is 6.27. The molecular weight excluding hydrogens is 296 g/mol. The third-order valence-electron chi connectivity index (χ3n) is 3.98. The lowest BCUT2D eigenvalue weighted by Crippen LogP contribution is -2.47. The number of halogens is 1. The SMILES string of the molecule is CC(C)c1cc(Cl)nc(N2CCN(c3ccccc3)CC2)n1. The molecule has 0 N–H and O–H groups in total. The highest BCUT2D eigenvalue weighted by molar-refractivity contribution is 6.29. The molecule has 0 amide bonds. The third kappa shape index (κ3) is 3.33. The predicted octanol–water partition coefficient (Wildman–Crippen LogP) is 3.58. The van der Waals surface area contributed by atoms with Crippen LogP contribution in [0.15, 0.2) is 36.4 Å². The summed E-state index contributed by atoms with van der Waals surface area (Å²) in [5.41, 5.74) is 2.28. The average Bonchev–Trinajstić information content (AvgIpc) is 2.55. The number of anilines is 2. The Morgan fingerprint density at radius 1 is 0.955 bits per heavy atom. The number of hydrogen-bond acceptors (Lipinski definition) is 4. The van der Waals surface area contributed by atoms with E-state index in [0.29, 0.717) is 11.1 Å². The van der Waals surface area contributed by atoms with Crippen LogP contribution >= 0.6 is 11.6 Å². The molecule has 0 radical (unpaired) electrons. The minimum atomic E-state index is 0.352. The van der Waals surface area contributed by atoms with Crippen molar-refractivity contribution < 1.29 is 0 Å². The van der Waals surface area contributed by atoms with Crippen LogP contribution in [0.5, 0.6) is 0 Å². The van der Waals surface area contributed by atoms with E-state index in [-0.39, 0.29) is 0 Å². The van der Waals surface area contributed by atoms with Crippen molar-refractivity contribution in [2.75, 3.05) is 36.0 Å². The number of piperazine rings is 1. The lowest BCUT2D eigenvalue weighted by atomic mass is 10.1. The highest BCUT2D eigenvalue weighted by atomic mass is 35.5. The van der Waals surface area contributed by atoms with E-state index in [1.165, 1.54) is 5.69 Å². The minimum absolute atomic E-state index is 0.352. The van der Waals surface area contributed by atoms with Gasteiger partial charge < -0.3 is 9.80 Å². The summed E-state index contributed by atoms with van der Waals surface area (Å²) in [5, 5.41) is 0.527. The number of hydrogen-bond donors (Lipinski definition) is 0. The fourth-order valence-corrected chi connectivity index (χ4v) is 2.85. The molecule has 0 unspecified atom stereocenters. The van der Waals surface area contributed by atoms with Crippen molar-refractivity contribution >= 4 is 23.2 Å². The minimum Gasteiger partial charge on any atom is -0.368 e. The number of nitrogens with zero attached hydrogens (tertiary/aromatic N) is 4. The predicted molar refractivity (Wildman–Crippen MR) is 92.0 cm³/mol. The van der Waals surface area contributed by atoms with Crippen LogP contribution in [-0.2, 0) is 0 Å². The van der Waals surface area contributed by atoms with Crippen molar-refractivity contribution in [3.05, 3.63) is 47.2 Å². The number of rotatable bonds is 3. The van der Waals surface area contributed by atoms with Crippen molar-refractivity contribution in [3.8, 4) is 0 Å². The Labute approximate surface area is 136 Å². The van der Waals surface area contributed by atoms with Crippen LogP contribution in [0.2, 0.25) is 5.15 Å². The first kappa shape index (κ1) is 15.1. The van der Waals surface area contributed by atoms with Gasteiger partial charge in [0.25, 0.3) is 0 Å². The molecule has 0 atom stereocenters. The van der Waals surface area contributed by atoms with E-state index in [2.05, 4.69) is 57.9 Å². The van der Waals surface area contributed by atoms with Gasteiger partial charge in [-0.15, -0.1) is 0 Å². The van der Waals surface area contributed by atoms with Gasteiger partial charge >= 0.3 is 0 Å². The molecule has 1 aromatic heterocycles. The van der Waals surface area contributed by atoms with Gasteiger partial charge in [0, 0.05) is 31.9 Å². The molecular formula is C17H21ClN4. The molecule has 5 heteroatoms. The number of benzene rings is 1. The van der Waals surface area contributed by atoms with E-state index in [0.717, 1.165) is 37.8 Å². The molecule has 1 saturated heterocycles. The Bertz CT molecular complexity index is 622. The van der Waals surface area contributed by atoms with Crippen molar-refractivity contribution in [3.63, 3.8) is 0 Å². The number of aromatic nitrogens is 2. The molecule has 0 spiro atoms. The molecule has 3 rings (SSSR count). The van der Waals surface area contributed by atoms with Gasteiger partial charge in [0.2, 0.25) is 5.95 Å². The largest absolute Gasteiger partial charge is 0.368 e. The quantitative estimate of drug-likeness (QED) is 0.810. The lowest BCUT2D eigenvalue weighted by Gasteiger charge is -2.36. The summed E-state index contributed by atoms with van der Waals surface area (Å²) >= 11 is 6.15. The highest BCUT2D eigenvalue weighted by Crippen LogP contribution is 2.22. The Morgan fingerprint density at radius 2 is 1.59 bits per heavy atom. The zero-order valence-corrected chi connectivity index (χ0v) is 13.8. The van der Waals surface area contributed by atoms with Gasteiger partial charge in [0.15, 0.2) is 0 Å². The van der Waals surface area contributed by atoms with E-state index in [4.69, 9.17) is 11.6 Å². The molecule has 2 aromatic rings. The molecule has 0 bridgehead atoms. The van der Waals surface area contributed by atoms with Crippen molar-refractivity contribution in [2.45, 2.75) is 19.8 Å². The van der Waals surface area contributed by atoms with Gasteiger partial charge in [-0.25, -0.2) is 9.97 Å². The van der Waals surface area contributed by atoms with E-state index in [1.54, 1.807) is 0 Å². The van der Waals surface area contributed by atoms with Crippen LogP contribution in [0.1, 0.15) is 25.5 Å². The Kier molecular flexibility index (Phi) is 4.48. The molecule has 1 aromatic carbocycles. The molecule has 2 heterocycles. The molecule has 1 aliphatic heterocycles. The number of para-hydroxylation sites is 1. The van der Waals surface area contributed by atoms with Crippen molar-refractivity contribution in [1.82, 2.24) is 9.97 Å². The normalized spacial score (nSPS) is 15.5. The van der Waals surface area contributed by atoms with E-state index < -0.39 is 0 Å². The fraction of sp³-hybridized carbons (Fsp3) is 0.412. The maximum absolute atomic E-state index is 6.15. The molecule has 22 heavy (non-hydrogen) atoms. The summed E-state index contributed by atoms with van der Waals surface area (Å²) in [6, 6.07) is 12.4. The lowest BCUT2D eigenvalue weighted by molar-refractivity contribution is 0.636. The van der Waals surface area contributed by atoms with E-state index >= 15 is 0 Å². The first-order valence-electron chi connectivity index (χ1n) is 7.73. The Balaban J connectivity index is 1.71. The fourth-order valence-electron chi connectivity index (χ4n) is 2.66. The Hall–Kier alpha value is -1.81. The Morgan fingerprint density at radius 3 is 2.23 bits per heavy atom. The first-order valence-corrected chi connectivity index (χ1v) is 8.10. The van der Waals surface area contributed by atoms with E-state index in [1.807, 2.05) is 12.1 Å². The third-order valence-corrected chi connectivity index (χ3v) is 4.17. The van der Waals surface area contributed by atoms with Crippen LogP contribution in [0.4, 0.5) is 11.6 Å². The van der Waals surface area contributed by atoms with Crippen LogP contribution in [0.25, 0.3) is 0 Å². The van der Waals surface area contributed by atoms with E-state index in [9.17, 15) is 0 Å². The topological polar surface area (TPSA) is 32.3 Å². The molecule has 0 saturated carbocycles. The summed E-state index contributed by atoms with van der Waals surface area (Å²) < 4.78 is 0. The summed E-state index contributed by atoms with van der Waals surface area (Å²) in [6.45, 7) is 8.00. The molecule has 1 aliphatic rings. The average molecular weight is 317 g/mol. The van der Waals surface area contributed by atoms with Crippen LogP contribution in [-0.4, -0.2) is 36.1 Å². The van der Waals surface area contributed by atoms with Crippen LogP contribution in [0.3, 0.4) is 0 Å². The summed E-state index contributed by atoms with van der Waals surface area (Å²) in [5.74, 6) is 1.11. The van der Waals surface area contributed by atoms with Gasteiger partial charge in [0.05, 0.1) is 5.69 Å². The monoisotopic (exact) mass is 316 g/mol. The summed E-state index contributed by atoms with van der Waals surface area (Å²) in [4.78, 5) is 13.7. The second kappa shape index (κ2) is 6.53. The van der Waals surface area contributed by atoms with Crippen molar-refractivity contribution in [1.29, 1.82) is 0 Å². The summed E-state index contributed by atoms with van der Waals surface area (Å²) in [6.07, 6.45) is 0. The molecule has 1 fully saturated rings. The molecule has 4 nitrogen and oxygen atoms in total. The summed E-state index contributed by atoms with van der Waals surface area (Å²) in [7, 11) is 0. The molecule has 116 valence electrons. The maximum Gasteiger partial charge on any atom is 0.227 e. The van der Waals surface area contributed by atoms with Gasteiger partial charge in [0.1, 0.15) is 5.15 Å². The standard InChI is InChI=1S/C17H21ClN4/c1-13(2)15-12-16(18)20-17(19-15)22-10-8-21(9-11-22)14-6-4-3-5-7-14/h3-7,12-13H,8-11H2,1-2H3. The zero-order chi connectivity index (χ0) is 15.5. The van der Waals surface area contributed by atoms with Gasteiger partial charge in [-0.1, -0.05) is 43.6 Å². The second-order valence-electron chi connectivity index (χ2n) is 5.88. The van der Waals surface area contributed by atoms with Crippen LogP contribution < -0.4 is 9.80 Å². The van der Waals surface area contributed by atoms with Crippen LogP contribution in [0, 0.1) is 0 Å². The smallest absolute Gasteiger partial charge is 0.227 e. The van der Waals surface area contributed by atoms with Crippen molar-refractivity contribution in [2.24, 2.45) is 0 Å². The highest BCUT2D eigenvalue weighted by Gasteiger charge is 2.20. The zero-order valence-electron chi connectivity index (χ0n) is 13.0. The molecule has 0 aliphatic carbocycles. The first-order chi connectivity index (χ1) is 10.6. The maximum atomic E-state index is 6.15. The van der Waals surface area contributed by atoms with Gasteiger partial charge in [-0.05, 0) is 24.1 Å². The van der Waals surface area contributed by atoms with Gasteiger partial charge in [-0.2, -0.15) is 0 Å².